The molecule has 0 aromatic heterocycles. The van der Waals surface area contributed by atoms with Crippen molar-refractivity contribution in [3.63, 3.8) is 0 Å². The molecule has 1 aliphatic rings. The maximum atomic E-state index is 5.96. The van der Waals surface area contributed by atoms with E-state index in [1.54, 1.807) is 7.11 Å². The minimum absolute atomic E-state index is 0.309. The second-order valence-corrected chi connectivity index (χ2v) is 4.36. The van der Waals surface area contributed by atoms with Crippen LogP contribution in [0.4, 0.5) is 0 Å². The molecule has 2 nitrogen and oxygen atoms in total. The first-order valence-corrected chi connectivity index (χ1v) is 4.21. The van der Waals surface area contributed by atoms with Crippen LogP contribution in [0.2, 0.25) is 0 Å². The normalized spacial score (nSPS) is 40.6. The molecule has 1 aliphatic carbocycles. The van der Waals surface area contributed by atoms with Crippen LogP contribution in [0.5, 0.6) is 0 Å². The number of methoxy groups -OCH3 is 1. The lowest BCUT2D eigenvalue weighted by Crippen LogP contribution is -2.12. The molecule has 0 aliphatic heterocycles. The summed E-state index contributed by atoms with van der Waals surface area (Å²) >= 11 is 0. The maximum absolute atomic E-state index is 5.96. The van der Waals surface area contributed by atoms with Gasteiger partial charge in [0.25, 0.3) is 0 Å². The Hall–Kier alpha value is -0.0800. The Labute approximate surface area is 69.1 Å². The van der Waals surface area contributed by atoms with Crippen LogP contribution in [-0.4, -0.2) is 19.8 Å². The fourth-order valence-electron chi connectivity index (χ4n) is 1.91. The third kappa shape index (κ3) is 1.09. The summed E-state index contributed by atoms with van der Waals surface area (Å²) in [6, 6.07) is 0.352. The van der Waals surface area contributed by atoms with Crippen molar-refractivity contribution in [3.05, 3.63) is 0 Å². The van der Waals surface area contributed by atoms with Crippen LogP contribution in [0, 0.1) is 10.8 Å². The van der Waals surface area contributed by atoms with Gasteiger partial charge in [0.05, 0.1) is 0 Å². The van der Waals surface area contributed by atoms with Crippen molar-refractivity contribution in [2.24, 2.45) is 16.6 Å². The summed E-state index contributed by atoms with van der Waals surface area (Å²) in [5, 5.41) is 0. The van der Waals surface area contributed by atoms with Crippen molar-refractivity contribution >= 4 is 0 Å². The van der Waals surface area contributed by atoms with E-state index in [2.05, 4.69) is 20.8 Å². The Kier molecular flexibility index (Phi) is 2.01. The summed E-state index contributed by atoms with van der Waals surface area (Å²) in [7, 11) is 1.74. The van der Waals surface area contributed by atoms with E-state index in [1.165, 1.54) is 0 Å². The average molecular weight is 157 g/mol. The molecule has 0 spiro atoms. The van der Waals surface area contributed by atoms with E-state index in [4.69, 9.17) is 10.5 Å². The lowest BCUT2D eigenvalue weighted by atomic mass is 9.95. The third-order valence-electron chi connectivity index (χ3n) is 3.68. The molecule has 0 radical (unpaired) electrons. The molecule has 66 valence electrons. The Balaban J connectivity index is 2.46. The van der Waals surface area contributed by atoms with E-state index in [0.29, 0.717) is 16.9 Å². The van der Waals surface area contributed by atoms with E-state index in [-0.39, 0.29) is 0 Å². The van der Waals surface area contributed by atoms with Gasteiger partial charge >= 0.3 is 0 Å². The highest BCUT2D eigenvalue weighted by Crippen LogP contribution is 2.63. The predicted octanol–water partition coefficient (Wildman–Crippen LogP) is 1.40. The van der Waals surface area contributed by atoms with Crippen molar-refractivity contribution in [3.8, 4) is 0 Å². The van der Waals surface area contributed by atoms with Gasteiger partial charge in [0.2, 0.25) is 0 Å². The zero-order valence-corrected chi connectivity index (χ0v) is 7.98. The first-order valence-electron chi connectivity index (χ1n) is 4.21. The summed E-state index contributed by atoms with van der Waals surface area (Å²) in [6.07, 6.45) is 1.08. The van der Waals surface area contributed by atoms with Crippen LogP contribution in [0.15, 0.2) is 0 Å². The molecule has 0 heterocycles. The van der Waals surface area contributed by atoms with Crippen LogP contribution >= 0.6 is 0 Å². The minimum Gasteiger partial charge on any atom is -0.385 e. The van der Waals surface area contributed by atoms with Crippen LogP contribution in [0.3, 0.4) is 0 Å². The Morgan fingerprint density at radius 1 is 1.36 bits per heavy atom. The third-order valence-corrected chi connectivity index (χ3v) is 3.68. The van der Waals surface area contributed by atoms with E-state index in [9.17, 15) is 0 Å². The SMILES string of the molecule is COCCC1(C)C(N)C1(C)C. The molecule has 1 rings (SSSR count). The van der Waals surface area contributed by atoms with E-state index in [1.807, 2.05) is 0 Å². The van der Waals surface area contributed by atoms with Crippen molar-refractivity contribution in [1.29, 1.82) is 0 Å². The quantitative estimate of drug-likeness (QED) is 0.672. The van der Waals surface area contributed by atoms with Gasteiger partial charge in [0.15, 0.2) is 0 Å². The van der Waals surface area contributed by atoms with Gasteiger partial charge in [-0.3, -0.25) is 0 Å². The molecule has 2 atom stereocenters. The monoisotopic (exact) mass is 157 g/mol. The molecule has 0 amide bonds. The fraction of sp³-hybridized carbons (Fsp3) is 1.00. The van der Waals surface area contributed by atoms with E-state index < -0.39 is 0 Å². The van der Waals surface area contributed by atoms with Gasteiger partial charge < -0.3 is 10.5 Å². The van der Waals surface area contributed by atoms with Crippen LogP contribution in [-0.2, 0) is 4.74 Å². The zero-order valence-electron chi connectivity index (χ0n) is 7.98. The fourth-order valence-corrected chi connectivity index (χ4v) is 1.91. The van der Waals surface area contributed by atoms with Gasteiger partial charge in [0.1, 0.15) is 0 Å². The molecule has 0 bridgehead atoms. The molecule has 2 N–H and O–H groups in total. The Bertz CT molecular complexity index is 156. The molecule has 0 saturated heterocycles. The van der Waals surface area contributed by atoms with E-state index in [0.717, 1.165) is 13.0 Å². The van der Waals surface area contributed by atoms with Crippen LogP contribution < -0.4 is 5.73 Å². The summed E-state index contributed by atoms with van der Waals surface area (Å²) in [6.45, 7) is 7.53. The molecule has 2 unspecified atom stereocenters. The highest BCUT2D eigenvalue weighted by atomic mass is 16.5. The first kappa shape index (κ1) is 9.01. The second kappa shape index (κ2) is 2.46. The van der Waals surface area contributed by atoms with Crippen molar-refractivity contribution in [2.75, 3.05) is 13.7 Å². The number of hydrogen-bond donors (Lipinski definition) is 1. The van der Waals surface area contributed by atoms with Gasteiger partial charge in [-0.1, -0.05) is 20.8 Å². The van der Waals surface area contributed by atoms with Gasteiger partial charge in [-0.05, 0) is 17.3 Å². The van der Waals surface area contributed by atoms with Gasteiger partial charge in [0, 0.05) is 19.8 Å². The standard InChI is InChI=1S/C9H19NO/c1-8(2)7(10)9(8,3)5-6-11-4/h7H,5-6,10H2,1-4H3. The average Bonchev–Trinajstić information content (AvgIpc) is 2.32. The summed E-state index contributed by atoms with van der Waals surface area (Å²) < 4.78 is 5.04. The number of nitrogens with two attached hydrogens (primary N) is 1. The lowest BCUT2D eigenvalue weighted by molar-refractivity contribution is 0.166. The Morgan fingerprint density at radius 2 is 1.82 bits per heavy atom. The van der Waals surface area contributed by atoms with Crippen LogP contribution in [0.25, 0.3) is 0 Å². The number of rotatable bonds is 3. The highest BCUT2D eigenvalue weighted by molar-refractivity contribution is 5.18. The largest absolute Gasteiger partial charge is 0.385 e. The predicted molar refractivity (Wildman–Crippen MR) is 46.4 cm³/mol. The lowest BCUT2D eigenvalue weighted by Gasteiger charge is -2.12. The molecular weight excluding hydrogens is 138 g/mol. The summed E-state index contributed by atoms with van der Waals surface area (Å²) in [5.74, 6) is 0. The molecule has 1 fully saturated rings. The van der Waals surface area contributed by atoms with Gasteiger partial charge in [-0.2, -0.15) is 0 Å². The Morgan fingerprint density at radius 3 is 2.09 bits per heavy atom. The number of ether oxygens (including phenoxy) is 1. The van der Waals surface area contributed by atoms with Crippen molar-refractivity contribution in [1.82, 2.24) is 0 Å². The van der Waals surface area contributed by atoms with Crippen molar-refractivity contribution < 1.29 is 4.74 Å². The molecular formula is C9H19NO. The smallest absolute Gasteiger partial charge is 0.0468 e. The van der Waals surface area contributed by atoms with Crippen molar-refractivity contribution in [2.45, 2.75) is 33.2 Å². The molecule has 11 heavy (non-hydrogen) atoms. The molecule has 1 saturated carbocycles. The minimum atomic E-state index is 0.309. The topological polar surface area (TPSA) is 35.2 Å². The summed E-state index contributed by atoms with van der Waals surface area (Å²) in [5.41, 5.74) is 6.58. The van der Waals surface area contributed by atoms with Crippen LogP contribution in [0.1, 0.15) is 27.2 Å². The number of hydrogen-bond acceptors (Lipinski definition) is 2. The molecule has 0 aromatic carbocycles. The maximum Gasteiger partial charge on any atom is 0.0468 e. The highest BCUT2D eigenvalue weighted by Gasteiger charge is 2.65. The van der Waals surface area contributed by atoms with E-state index >= 15 is 0 Å². The second-order valence-electron chi connectivity index (χ2n) is 4.36. The van der Waals surface area contributed by atoms with Gasteiger partial charge in [-0.25, -0.2) is 0 Å². The molecule has 2 heteroatoms. The zero-order chi connectivity index (χ0) is 8.70. The van der Waals surface area contributed by atoms with Gasteiger partial charge in [-0.15, -0.1) is 0 Å². The first-order chi connectivity index (χ1) is 4.97. The summed E-state index contributed by atoms with van der Waals surface area (Å²) in [4.78, 5) is 0. The molecule has 0 aromatic rings.